The molecule has 1 aliphatic heterocycles. The summed E-state index contributed by atoms with van der Waals surface area (Å²) < 4.78 is 2.14. The predicted molar refractivity (Wildman–Crippen MR) is 106 cm³/mol. The molecule has 26 heavy (non-hydrogen) atoms. The summed E-state index contributed by atoms with van der Waals surface area (Å²) in [6.07, 6.45) is 11.1. The number of nitrogens with zero attached hydrogens (tertiary/aromatic N) is 4. The van der Waals surface area contributed by atoms with E-state index in [4.69, 9.17) is 0 Å². The molecule has 0 radical (unpaired) electrons. The Hall–Kier alpha value is -0.910. The average Bonchev–Trinajstić information content (AvgIpc) is 2.99. The molecule has 0 amide bonds. The molecule has 2 aliphatic rings. The molecule has 1 aromatic heterocycles. The zero-order valence-corrected chi connectivity index (χ0v) is 16.9. The number of hydrogen-bond acceptors (Lipinski definition) is 4. The Kier molecular flexibility index (Phi) is 7.52. The van der Waals surface area contributed by atoms with E-state index in [2.05, 4.69) is 39.6 Å². The molecular weight excluding hydrogens is 324 g/mol. The summed E-state index contributed by atoms with van der Waals surface area (Å²) in [6, 6.07) is 0.502. The average molecular weight is 363 g/mol. The Morgan fingerprint density at radius 2 is 2.00 bits per heavy atom. The monoisotopic (exact) mass is 362 g/mol. The maximum atomic E-state index is 9.57. The summed E-state index contributed by atoms with van der Waals surface area (Å²) in [5.41, 5.74) is 2.68. The smallest absolute Gasteiger partial charge is 0.0537 e. The Balaban J connectivity index is 1.56. The van der Waals surface area contributed by atoms with Crippen LogP contribution in [0.15, 0.2) is 6.20 Å². The minimum atomic E-state index is 0.299. The first kappa shape index (κ1) is 19.8. The molecule has 1 aromatic rings. The van der Waals surface area contributed by atoms with Crippen LogP contribution in [-0.2, 0) is 13.1 Å². The molecule has 1 saturated carbocycles. The lowest BCUT2D eigenvalue weighted by molar-refractivity contribution is 0.0399. The molecule has 1 unspecified atom stereocenters. The maximum Gasteiger partial charge on any atom is 0.0537 e. The van der Waals surface area contributed by atoms with Crippen molar-refractivity contribution in [3.63, 3.8) is 0 Å². The largest absolute Gasteiger partial charge is 0.396 e. The molecule has 0 spiro atoms. The summed E-state index contributed by atoms with van der Waals surface area (Å²) in [4.78, 5) is 5.24. The van der Waals surface area contributed by atoms with E-state index in [-0.39, 0.29) is 0 Å². The van der Waals surface area contributed by atoms with E-state index in [1.54, 1.807) is 0 Å². The fraction of sp³-hybridized carbons (Fsp3) is 0.857. The topological polar surface area (TPSA) is 44.5 Å². The van der Waals surface area contributed by atoms with Crippen molar-refractivity contribution in [2.75, 3.05) is 32.8 Å². The van der Waals surface area contributed by atoms with Crippen LogP contribution >= 0.6 is 0 Å². The van der Waals surface area contributed by atoms with E-state index in [1.165, 1.54) is 49.9 Å². The number of aryl methyl sites for hydroxylation is 1. The first-order valence-electron chi connectivity index (χ1n) is 10.8. The highest BCUT2D eigenvalue weighted by atomic mass is 16.3. The molecule has 1 atom stereocenters. The second kappa shape index (κ2) is 9.86. The first-order valence-corrected chi connectivity index (χ1v) is 10.8. The van der Waals surface area contributed by atoms with E-state index < -0.39 is 0 Å². The molecule has 5 heteroatoms. The summed E-state index contributed by atoms with van der Waals surface area (Å²) in [6.45, 7) is 11.3. The van der Waals surface area contributed by atoms with Gasteiger partial charge >= 0.3 is 0 Å². The summed E-state index contributed by atoms with van der Waals surface area (Å²) in [7, 11) is 0. The molecule has 0 bridgehead atoms. The molecule has 2 heterocycles. The summed E-state index contributed by atoms with van der Waals surface area (Å²) in [5, 5.41) is 14.1. The normalized spacial score (nSPS) is 23.6. The van der Waals surface area contributed by atoms with Gasteiger partial charge in [0.1, 0.15) is 0 Å². The van der Waals surface area contributed by atoms with Gasteiger partial charge in [-0.25, -0.2) is 0 Å². The van der Waals surface area contributed by atoms with E-state index in [0.29, 0.717) is 12.6 Å². The molecule has 3 rings (SSSR count). The lowest BCUT2D eigenvalue weighted by Gasteiger charge is -2.43. The molecule has 0 aromatic carbocycles. The van der Waals surface area contributed by atoms with Crippen LogP contribution in [0.3, 0.4) is 0 Å². The van der Waals surface area contributed by atoms with Crippen molar-refractivity contribution in [1.29, 1.82) is 0 Å². The number of piperazine rings is 1. The lowest BCUT2D eigenvalue weighted by Crippen LogP contribution is -2.54. The third-order valence-corrected chi connectivity index (χ3v) is 6.40. The van der Waals surface area contributed by atoms with Crippen LogP contribution in [0.5, 0.6) is 0 Å². The molecule has 148 valence electrons. The highest BCUT2D eigenvalue weighted by Gasteiger charge is 2.29. The molecule has 2 fully saturated rings. The molecular formula is C21H38N4O. The minimum Gasteiger partial charge on any atom is -0.396 e. The number of hydrogen-bond donors (Lipinski definition) is 1. The van der Waals surface area contributed by atoms with Crippen LogP contribution < -0.4 is 0 Å². The second-order valence-corrected chi connectivity index (χ2v) is 8.38. The van der Waals surface area contributed by atoms with Crippen molar-refractivity contribution in [2.45, 2.75) is 77.9 Å². The van der Waals surface area contributed by atoms with E-state index in [9.17, 15) is 5.11 Å². The number of aliphatic hydroxyl groups is 1. The van der Waals surface area contributed by atoms with Gasteiger partial charge in [0.05, 0.1) is 6.20 Å². The Morgan fingerprint density at radius 3 is 2.73 bits per heavy atom. The summed E-state index contributed by atoms with van der Waals surface area (Å²) in [5.74, 6) is 0.881. The fourth-order valence-electron chi connectivity index (χ4n) is 4.78. The quantitative estimate of drug-likeness (QED) is 0.772. The predicted octanol–water partition coefficient (Wildman–Crippen LogP) is 3.05. The highest BCUT2D eigenvalue weighted by molar-refractivity contribution is 5.16. The van der Waals surface area contributed by atoms with Gasteiger partial charge in [0.2, 0.25) is 0 Å². The molecule has 1 aliphatic carbocycles. The van der Waals surface area contributed by atoms with Crippen molar-refractivity contribution >= 4 is 0 Å². The van der Waals surface area contributed by atoms with E-state index in [1.807, 2.05) is 0 Å². The number of aromatic nitrogens is 2. The maximum absolute atomic E-state index is 9.57. The Bertz CT molecular complexity index is 538. The van der Waals surface area contributed by atoms with Gasteiger partial charge in [-0.05, 0) is 38.5 Å². The minimum absolute atomic E-state index is 0.299. The highest BCUT2D eigenvalue weighted by Crippen LogP contribution is 2.26. The van der Waals surface area contributed by atoms with E-state index >= 15 is 0 Å². The third-order valence-electron chi connectivity index (χ3n) is 6.40. The van der Waals surface area contributed by atoms with Crippen molar-refractivity contribution in [1.82, 2.24) is 19.6 Å². The van der Waals surface area contributed by atoms with Crippen molar-refractivity contribution in [3.8, 4) is 0 Å². The van der Waals surface area contributed by atoms with Crippen LogP contribution in [0.25, 0.3) is 0 Å². The Labute approximate surface area is 159 Å². The van der Waals surface area contributed by atoms with Crippen LogP contribution in [0.4, 0.5) is 0 Å². The van der Waals surface area contributed by atoms with Gasteiger partial charge in [0.15, 0.2) is 0 Å². The zero-order valence-electron chi connectivity index (χ0n) is 16.9. The van der Waals surface area contributed by atoms with Gasteiger partial charge in [0, 0.05) is 63.2 Å². The van der Waals surface area contributed by atoms with Crippen molar-refractivity contribution in [2.24, 2.45) is 5.92 Å². The zero-order chi connectivity index (χ0) is 18.4. The number of aliphatic hydroxyl groups excluding tert-OH is 1. The third kappa shape index (κ3) is 5.08. The van der Waals surface area contributed by atoms with Crippen LogP contribution in [-0.4, -0.2) is 63.5 Å². The van der Waals surface area contributed by atoms with Gasteiger partial charge in [-0.2, -0.15) is 5.10 Å². The van der Waals surface area contributed by atoms with Crippen LogP contribution in [0.2, 0.25) is 0 Å². The van der Waals surface area contributed by atoms with Gasteiger partial charge < -0.3 is 5.11 Å². The first-order chi connectivity index (χ1) is 12.7. The SMILES string of the molecule is CCCn1ncc(CN2CCN(CC3CCCCC3)C(CCO)C2)c1C. The molecule has 1 saturated heterocycles. The second-order valence-electron chi connectivity index (χ2n) is 8.38. The molecule has 5 nitrogen and oxygen atoms in total. The van der Waals surface area contributed by atoms with Crippen molar-refractivity contribution in [3.05, 3.63) is 17.5 Å². The number of rotatable bonds is 8. The summed E-state index contributed by atoms with van der Waals surface area (Å²) >= 11 is 0. The van der Waals surface area contributed by atoms with Gasteiger partial charge in [-0.15, -0.1) is 0 Å². The fourth-order valence-corrected chi connectivity index (χ4v) is 4.78. The lowest BCUT2D eigenvalue weighted by atomic mass is 9.88. The van der Waals surface area contributed by atoms with Gasteiger partial charge in [0.25, 0.3) is 0 Å². The van der Waals surface area contributed by atoms with Gasteiger partial charge in [-0.1, -0.05) is 26.2 Å². The standard InChI is InChI=1S/C21H38N4O/c1-3-10-25-18(2)20(14-22-25)16-23-11-12-24(21(17-23)9-13-26)15-19-7-5-4-6-8-19/h14,19,21,26H,3-13,15-17H2,1-2H3. The van der Waals surface area contributed by atoms with Crippen LogP contribution in [0.1, 0.15) is 63.1 Å². The van der Waals surface area contributed by atoms with Crippen molar-refractivity contribution < 1.29 is 5.11 Å². The van der Waals surface area contributed by atoms with Gasteiger partial charge in [-0.3, -0.25) is 14.5 Å². The van der Waals surface area contributed by atoms with E-state index in [0.717, 1.165) is 51.5 Å². The van der Waals surface area contributed by atoms with Crippen LogP contribution in [0, 0.1) is 12.8 Å². The molecule has 1 N–H and O–H groups in total. The Morgan fingerprint density at radius 1 is 1.19 bits per heavy atom.